The zero-order valence-electron chi connectivity index (χ0n) is 10.1. The molecule has 0 aromatic heterocycles. The zero-order valence-corrected chi connectivity index (χ0v) is 10.9. The fraction of sp³-hybridized carbons (Fsp3) is 0.300. The first kappa shape index (κ1) is 16.2. The van der Waals surface area contributed by atoms with Crippen molar-refractivity contribution in [2.24, 2.45) is 0 Å². The molecule has 112 valence electrons. The van der Waals surface area contributed by atoms with E-state index in [0.717, 1.165) is 25.3 Å². The Balaban J connectivity index is 3.15. The number of sulfonamides is 1. The van der Waals surface area contributed by atoms with E-state index in [1.54, 1.807) is 0 Å². The molecule has 0 fully saturated rings. The minimum absolute atomic E-state index is 0.253. The highest BCUT2D eigenvalue weighted by molar-refractivity contribution is 7.89. The number of ether oxygens (including phenoxy) is 1. The largest absolute Gasteiger partial charge is 0.495 e. The summed E-state index contributed by atoms with van der Waals surface area (Å²) in [5.74, 6) is -1.69. The quantitative estimate of drug-likeness (QED) is 0.853. The Bertz CT molecular complexity index is 612. The predicted molar refractivity (Wildman–Crippen MR) is 61.2 cm³/mol. The standard InChI is InChI=1S/C10H10F3NO5S/c1-19-7-4-6(9(15)16)2-3-8(7)20(17,18)14-5-10(11,12)13/h2-4,14H,5H2,1H3,(H,15,16). The van der Waals surface area contributed by atoms with E-state index in [0.29, 0.717) is 0 Å². The van der Waals surface area contributed by atoms with Gasteiger partial charge in [0, 0.05) is 0 Å². The van der Waals surface area contributed by atoms with Crippen LogP contribution in [-0.2, 0) is 10.0 Å². The molecule has 0 unspecified atom stereocenters. The molecule has 0 radical (unpaired) electrons. The SMILES string of the molecule is COc1cc(C(=O)O)ccc1S(=O)(=O)NCC(F)(F)F. The average molecular weight is 313 g/mol. The molecule has 6 nitrogen and oxygen atoms in total. The number of aromatic carboxylic acids is 1. The number of nitrogens with one attached hydrogen (secondary N) is 1. The summed E-state index contributed by atoms with van der Waals surface area (Å²) < 4.78 is 65.5. The van der Waals surface area contributed by atoms with Crippen molar-refractivity contribution in [3.63, 3.8) is 0 Å². The van der Waals surface area contributed by atoms with Crippen molar-refractivity contribution in [1.82, 2.24) is 4.72 Å². The maximum absolute atomic E-state index is 12.0. The van der Waals surface area contributed by atoms with Crippen LogP contribution in [0.25, 0.3) is 0 Å². The third-order valence-corrected chi connectivity index (χ3v) is 3.60. The lowest BCUT2D eigenvalue weighted by Crippen LogP contribution is -2.34. The van der Waals surface area contributed by atoms with Crippen molar-refractivity contribution in [1.29, 1.82) is 0 Å². The first-order valence-electron chi connectivity index (χ1n) is 5.04. The number of alkyl halides is 3. The highest BCUT2D eigenvalue weighted by atomic mass is 32.2. The minimum atomic E-state index is -4.71. The normalized spacial score (nSPS) is 12.2. The van der Waals surface area contributed by atoms with Gasteiger partial charge in [-0.15, -0.1) is 0 Å². The van der Waals surface area contributed by atoms with Gasteiger partial charge in [-0.1, -0.05) is 0 Å². The fourth-order valence-corrected chi connectivity index (χ4v) is 2.44. The number of rotatable bonds is 5. The molecule has 0 heterocycles. The Kier molecular flexibility index (Phi) is 4.61. The number of methoxy groups -OCH3 is 1. The van der Waals surface area contributed by atoms with Crippen molar-refractivity contribution >= 4 is 16.0 Å². The first-order valence-corrected chi connectivity index (χ1v) is 6.53. The van der Waals surface area contributed by atoms with Gasteiger partial charge in [0.25, 0.3) is 0 Å². The lowest BCUT2D eigenvalue weighted by atomic mass is 10.2. The van der Waals surface area contributed by atoms with Crippen LogP contribution in [-0.4, -0.2) is 39.3 Å². The molecule has 0 saturated carbocycles. The summed E-state index contributed by atoms with van der Waals surface area (Å²) in [5, 5.41) is 8.74. The maximum atomic E-state index is 12.0. The Labute approximate surface area is 112 Å². The van der Waals surface area contributed by atoms with E-state index in [1.165, 1.54) is 4.72 Å². The highest BCUT2D eigenvalue weighted by Gasteiger charge is 2.31. The smallest absolute Gasteiger partial charge is 0.402 e. The number of carbonyl (C=O) groups is 1. The van der Waals surface area contributed by atoms with E-state index in [-0.39, 0.29) is 11.3 Å². The molecule has 20 heavy (non-hydrogen) atoms. The van der Waals surface area contributed by atoms with E-state index in [9.17, 15) is 26.4 Å². The number of carboxylic acids is 1. The molecule has 1 aromatic rings. The molecule has 0 aliphatic rings. The van der Waals surface area contributed by atoms with Crippen LogP contribution in [0.15, 0.2) is 23.1 Å². The lowest BCUT2D eigenvalue weighted by molar-refractivity contribution is -0.121. The molecular weight excluding hydrogens is 303 g/mol. The summed E-state index contributed by atoms with van der Waals surface area (Å²) in [6, 6.07) is 2.72. The van der Waals surface area contributed by atoms with Gasteiger partial charge in [-0.3, -0.25) is 0 Å². The van der Waals surface area contributed by atoms with Crippen LogP contribution in [0.5, 0.6) is 5.75 Å². The van der Waals surface area contributed by atoms with Gasteiger partial charge in [0.1, 0.15) is 17.2 Å². The number of benzene rings is 1. The Hall–Kier alpha value is -1.81. The molecule has 0 bridgehead atoms. The van der Waals surface area contributed by atoms with Crippen molar-refractivity contribution in [3.8, 4) is 5.75 Å². The molecule has 0 spiro atoms. The van der Waals surface area contributed by atoms with Gasteiger partial charge in [0.2, 0.25) is 10.0 Å². The van der Waals surface area contributed by atoms with Crippen LogP contribution < -0.4 is 9.46 Å². The summed E-state index contributed by atoms with van der Waals surface area (Å²) in [5.41, 5.74) is -0.253. The van der Waals surface area contributed by atoms with Crippen LogP contribution in [0.4, 0.5) is 13.2 Å². The highest BCUT2D eigenvalue weighted by Crippen LogP contribution is 2.25. The van der Waals surface area contributed by atoms with E-state index in [2.05, 4.69) is 0 Å². The second kappa shape index (κ2) is 5.67. The van der Waals surface area contributed by atoms with Crippen molar-refractivity contribution in [2.75, 3.05) is 13.7 Å². The van der Waals surface area contributed by atoms with E-state index < -0.39 is 33.6 Å². The first-order chi connectivity index (χ1) is 9.07. The van der Waals surface area contributed by atoms with E-state index in [1.807, 2.05) is 0 Å². The van der Waals surface area contributed by atoms with Crippen molar-refractivity contribution < 1.29 is 36.2 Å². The summed E-state index contributed by atoms with van der Waals surface area (Å²) in [7, 11) is -3.39. The molecule has 0 aliphatic carbocycles. The van der Waals surface area contributed by atoms with Gasteiger partial charge in [0.15, 0.2) is 0 Å². The molecule has 0 saturated heterocycles. The zero-order chi connectivity index (χ0) is 15.6. The van der Waals surface area contributed by atoms with E-state index in [4.69, 9.17) is 9.84 Å². The second-order valence-corrected chi connectivity index (χ2v) is 5.35. The third-order valence-electron chi connectivity index (χ3n) is 2.16. The molecule has 1 rings (SSSR count). The maximum Gasteiger partial charge on any atom is 0.402 e. The predicted octanol–water partition coefficient (Wildman–Crippen LogP) is 1.23. The van der Waals surface area contributed by atoms with Gasteiger partial charge in [-0.05, 0) is 18.2 Å². The van der Waals surface area contributed by atoms with Crippen LogP contribution in [0.2, 0.25) is 0 Å². The summed E-state index contributed by atoms with van der Waals surface area (Å²) in [4.78, 5) is 10.1. The number of hydrogen-bond acceptors (Lipinski definition) is 4. The van der Waals surface area contributed by atoms with Crippen molar-refractivity contribution in [2.45, 2.75) is 11.1 Å². The lowest BCUT2D eigenvalue weighted by Gasteiger charge is -2.12. The molecule has 0 atom stereocenters. The molecule has 0 aliphatic heterocycles. The van der Waals surface area contributed by atoms with Gasteiger partial charge < -0.3 is 9.84 Å². The van der Waals surface area contributed by atoms with Crippen molar-refractivity contribution in [3.05, 3.63) is 23.8 Å². The Morgan fingerprint density at radius 1 is 1.40 bits per heavy atom. The van der Waals surface area contributed by atoms with Crippen LogP contribution in [0.3, 0.4) is 0 Å². The number of hydrogen-bond donors (Lipinski definition) is 2. The summed E-state index contributed by atoms with van der Waals surface area (Å²) >= 11 is 0. The Morgan fingerprint density at radius 2 is 2.00 bits per heavy atom. The second-order valence-electron chi connectivity index (χ2n) is 3.61. The summed E-state index contributed by atoms with van der Waals surface area (Å²) in [6.45, 7) is -1.74. The fourth-order valence-electron chi connectivity index (χ4n) is 1.28. The molecule has 0 amide bonds. The van der Waals surface area contributed by atoms with Gasteiger partial charge in [-0.25, -0.2) is 17.9 Å². The third kappa shape index (κ3) is 4.10. The topological polar surface area (TPSA) is 92.7 Å². The number of halogens is 3. The average Bonchev–Trinajstić information content (AvgIpc) is 2.35. The number of carboxylic acid groups (broad SMARTS) is 1. The monoisotopic (exact) mass is 313 g/mol. The van der Waals surface area contributed by atoms with Crippen LogP contribution in [0, 0.1) is 0 Å². The molecule has 2 N–H and O–H groups in total. The molecule has 10 heteroatoms. The minimum Gasteiger partial charge on any atom is -0.495 e. The summed E-state index contributed by atoms with van der Waals surface area (Å²) in [6.07, 6.45) is -4.71. The molecular formula is C10H10F3NO5S. The van der Waals surface area contributed by atoms with Crippen LogP contribution in [0.1, 0.15) is 10.4 Å². The van der Waals surface area contributed by atoms with E-state index >= 15 is 0 Å². The van der Waals surface area contributed by atoms with Gasteiger partial charge in [0.05, 0.1) is 12.7 Å². The van der Waals surface area contributed by atoms with Crippen LogP contribution >= 0.6 is 0 Å². The molecule has 1 aromatic carbocycles. The Morgan fingerprint density at radius 3 is 2.45 bits per heavy atom. The van der Waals surface area contributed by atoms with Gasteiger partial charge >= 0.3 is 12.1 Å². The van der Waals surface area contributed by atoms with Gasteiger partial charge in [-0.2, -0.15) is 13.2 Å².